The van der Waals surface area contributed by atoms with E-state index < -0.39 is 0 Å². The summed E-state index contributed by atoms with van der Waals surface area (Å²) in [4.78, 5) is 11.1. The Morgan fingerprint density at radius 2 is 1.89 bits per heavy atom. The van der Waals surface area contributed by atoms with Crippen LogP contribution in [0, 0.1) is 6.92 Å². The molecule has 2 heterocycles. The van der Waals surface area contributed by atoms with Crippen LogP contribution < -0.4 is 10.6 Å². The van der Waals surface area contributed by atoms with Gasteiger partial charge in [0, 0.05) is 38.8 Å². The number of morpholine rings is 1. The highest BCUT2D eigenvalue weighted by atomic mass is 16.5. The molecule has 1 aliphatic heterocycles. The van der Waals surface area contributed by atoms with Gasteiger partial charge in [0.25, 0.3) is 0 Å². The quantitative estimate of drug-likeness (QED) is 0.799. The Bertz CT molecular complexity index is 393. The third kappa shape index (κ3) is 4.65. The second-order valence-electron chi connectivity index (χ2n) is 4.60. The summed E-state index contributed by atoms with van der Waals surface area (Å²) >= 11 is 0. The maximum Gasteiger partial charge on any atom is 0.131 e. The first-order valence-corrected chi connectivity index (χ1v) is 6.91. The number of ether oxygens (including phenoxy) is 1. The number of rotatable bonds is 6. The minimum absolute atomic E-state index is 0.785. The molecule has 0 unspecified atom stereocenters. The standard InChI is InChI=1S/C13H23N5O/c1-3-14-12-10-13(17-11(2)16-12)15-4-5-18-6-8-19-9-7-18/h10H,3-9H2,1-2H3,(H2,14,15,16,17). The lowest BCUT2D eigenvalue weighted by Gasteiger charge is -2.26. The van der Waals surface area contributed by atoms with Gasteiger partial charge in [0.05, 0.1) is 13.2 Å². The van der Waals surface area contributed by atoms with Crippen LogP contribution in [0.1, 0.15) is 12.7 Å². The van der Waals surface area contributed by atoms with Gasteiger partial charge in [-0.3, -0.25) is 4.90 Å². The zero-order valence-corrected chi connectivity index (χ0v) is 11.8. The van der Waals surface area contributed by atoms with Crippen molar-refractivity contribution in [3.05, 3.63) is 11.9 Å². The molecule has 2 N–H and O–H groups in total. The molecule has 0 spiro atoms. The number of nitrogens with zero attached hydrogens (tertiary/aromatic N) is 3. The zero-order valence-electron chi connectivity index (χ0n) is 11.8. The highest BCUT2D eigenvalue weighted by Gasteiger charge is 2.09. The molecule has 1 saturated heterocycles. The molecule has 0 saturated carbocycles. The summed E-state index contributed by atoms with van der Waals surface area (Å²) in [5.41, 5.74) is 0. The van der Waals surface area contributed by atoms with E-state index in [2.05, 4.69) is 32.4 Å². The van der Waals surface area contributed by atoms with Crippen molar-refractivity contribution in [2.75, 3.05) is 56.6 Å². The number of nitrogens with one attached hydrogen (secondary N) is 2. The number of aryl methyl sites for hydroxylation is 1. The van der Waals surface area contributed by atoms with Crippen molar-refractivity contribution < 1.29 is 4.74 Å². The maximum absolute atomic E-state index is 5.33. The lowest BCUT2D eigenvalue weighted by atomic mass is 10.4. The summed E-state index contributed by atoms with van der Waals surface area (Å²) in [5.74, 6) is 2.55. The third-order valence-corrected chi connectivity index (χ3v) is 3.03. The molecule has 19 heavy (non-hydrogen) atoms. The zero-order chi connectivity index (χ0) is 13.5. The molecule has 1 aromatic heterocycles. The molecule has 0 atom stereocenters. The van der Waals surface area contributed by atoms with Crippen LogP contribution in [-0.4, -0.2) is 60.8 Å². The number of anilines is 2. The fraction of sp³-hybridized carbons (Fsp3) is 0.692. The molecular weight excluding hydrogens is 242 g/mol. The van der Waals surface area contributed by atoms with E-state index in [9.17, 15) is 0 Å². The Morgan fingerprint density at radius 1 is 1.21 bits per heavy atom. The van der Waals surface area contributed by atoms with Gasteiger partial charge in [0.15, 0.2) is 0 Å². The van der Waals surface area contributed by atoms with Crippen molar-refractivity contribution in [2.45, 2.75) is 13.8 Å². The first-order valence-electron chi connectivity index (χ1n) is 6.91. The molecule has 1 fully saturated rings. The molecule has 2 rings (SSSR count). The highest BCUT2D eigenvalue weighted by molar-refractivity contribution is 5.47. The van der Waals surface area contributed by atoms with Crippen LogP contribution in [0.5, 0.6) is 0 Å². The minimum atomic E-state index is 0.785. The van der Waals surface area contributed by atoms with Gasteiger partial charge in [-0.2, -0.15) is 0 Å². The average Bonchev–Trinajstić information content (AvgIpc) is 2.40. The van der Waals surface area contributed by atoms with Crippen LogP contribution in [0.15, 0.2) is 6.07 Å². The van der Waals surface area contributed by atoms with Gasteiger partial charge in [-0.15, -0.1) is 0 Å². The summed E-state index contributed by atoms with van der Waals surface area (Å²) in [6.45, 7) is 10.5. The fourth-order valence-electron chi connectivity index (χ4n) is 2.10. The number of hydrogen-bond donors (Lipinski definition) is 2. The smallest absolute Gasteiger partial charge is 0.131 e. The van der Waals surface area contributed by atoms with Gasteiger partial charge in [-0.05, 0) is 13.8 Å². The van der Waals surface area contributed by atoms with Gasteiger partial charge in [-0.1, -0.05) is 0 Å². The Balaban J connectivity index is 1.81. The average molecular weight is 265 g/mol. The Hall–Kier alpha value is -1.40. The van der Waals surface area contributed by atoms with Crippen molar-refractivity contribution in [2.24, 2.45) is 0 Å². The molecular formula is C13H23N5O. The normalized spacial score (nSPS) is 16.3. The van der Waals surface area contributed by atoms with Crippen molar-refractivity contribution in [1.29, 1.82) is 0 Å². The van der Waals surface area contributed by atoms with E-state index in [-0.39, 0.29) is 0 Å². The van der Waals surface area contributed by atoms with E-state index in [1.807, 2.05) is 13.0 Å². The number of hydrogen-bond acceptors (Lipinski definition) is 6. The minimum Gasteiger partial charge on any atom is -0.379 e. The molecule has 0 aromatic carbocycles. The molecule has 0 radical (unpaired) electrons. The van der Waals surface area contributed by atoms with E-state index in [4.69, 9.17) is 4.74 Å². The second kappa shape index (κ2) is 7.25. The van der Waals surface area contributed by atoms with Crippen molar-refractivity contribution in [3.63, 3.8) is 0 Å². The van der Waals surface area contributed by atoms with Crippen molar-refractivity contribution >= 4 is 11.6 Å². The molecule has 6 nitrogen and oxygen atoms in total. The lowest BCUT2D eigenvalue weighted by Crippen LogP contribution is -2.39. The van der Waals surface area contributed by atoms with Crippen molar-refractivity contribution in [1.82, 2.24) is 14.9 Å². The maximum atomic E-state index is 5.33. The predicted octanol–water partition coefficient (Wildman–Crippen LogP) is 0.961. The molecule has 0 aliphatic carbocycles. The van der Waals surface area contributed by atoms with E-state index in [1.54, 1.807) is 0 Å². The van der Waals surface area contributed by atoms with Crippen LogP contribution in [0.25, 0.3) is 0 Å². The fourth-order valence-corrected chi connectivity index (χ4v) is 2.10. The van der Waals surface area contributed by atoms with Crippen LogP contribution in [0.3, 0.4) is 0 Å². The van der Waals surface area contributed by atoms with Gasteiger partial charge >= 0.3 is 0 Å². The SMILES string of the molecule is CCNc1cc(NCCN2CCOCC2)nc(C)n1. The van der Waals surface area contributed by atoms with Crippen LogP contribution in [0.2, 0.25) is 0 Å². The second-order valence-corrected chi connectivity index (χ2v) is 4.60. The van der Waals surface area contributed by atoms with Gasteiger partial charge < -0.3 is 15.4 Å². The summed E-state index contributed by atoms with van der Waals surface area (Å²) < 4.78 is 5.33. The van der Waals surface area contributed by atoms with E-state index >= 15 is 0 Å². The Labute approximate surface area is 114 Å². The first-order chi connectivity index (χ1) is 9.28. The lowest BCUT2D eigenvalue weighted by molar-refractivity contribution is 0.0398. The van der Waals surface area contributed by atoms with Gasteiger partial charge in [-0.25, -0.2) is 9.97 Å². The van der Waals surface area contributed by atoms with Gasteiger partial charge in [0.2, 0.25) is 0 Å². The summed E-state index contributed by atoms with van der Waals surface area (Å²) in [6.07, 6.45) is 0. The first kappa shape index (κ1) is 14.0. The Kier molecular flexibility index (Phi) is 5.35. The van der Waals surface area contributed by atoms with E-state index in [1.165, 1.54) is 0 Å². The molecule has 1 aliphatic rings. The summed E-state index contributed by atoms with van der Waals surface area (Å²) in [5, 5.41) is 6.57. The predicted molar refractivity (Wildman–Crippen MR) is 76.7 cm³/mol. The molecule has 106 valence electrons. The highest BCUT2D eigenvalue weighted by Crippen LogP contribution is 2.10. The monoisotopic (exact) mass is 265 g/mol. The van der Waals surface area contributed by atoms with Crippen LogP contribution >= 0.6 is 0 Å². The largest absolute Gasteiger partial charge is 0.379 e. The van der Waals surface area contributed by atoms with Crippen LogP contribution in [0.4, 0.5) is 11.6 Å². The van der Waals surface area contributed by atoms with Crippen molar-refractivity contribution in [3.8, 4) is 0 Å². The Morgan fingerprint density at radius 3 is 2.58 bits per heavy atom. The topological polar surface area (TPSA) is 62.3 Å². The van der Waals surface area contributed by atoms with E-state index in [0.29, 0.717) is 0 Å². The molecule has 6 heteroatoms. The summed E-state index contributed by atoms with van der Waals surface area (Å²) in [7, 11) is 0. The number of aromatic nitrogens is 2. The van der Waals surface area contributed by atoms with Crippen LogP contribution in [-0.2, 0) is 4.74 Å². The third-order valence-electron chi connectivity index (χ3n) is 3.03. The van der Waals surface area contributed by atoms with Gasteiger partial charge in [0.1, 0.15) is 17.5 Å². The van der Waals surface area contributed by atoms with E-state index in [0.717, 1.165) is 63.4 Å². The molecule has 0 bridgehead atoms. The molecule has 1 aromatic rings. The summed E-state index contributed by atoms with van der Waals surface area (Å²) in [6, 6.07) is 1.95. The molecule has 0 amide bonds.